The van der Waals surface area contributed by atoms with Gasteiger partial charge in [-0.3, -0.25) is 0 Å². The quantitative estimate of drug-likeness (QED) is 0.686. The van der Waals surface area contributed by atoms with Crippen molar-refractivity contribution in [3.8, 4) is 11.8 Å². The standard InChI is InChI=1S/C18H16BrFN2O5S/c19-13-2-5-15(6-3-13)28(25,26)22-9-17(18(24,10-22)11-23)27-14-4-1-12(8-21)16(20)7-14/h1-7,17,23-24H,9-11H2/t17-,18+/m0/s1. The zero-order valence-electron chi connectivity index (χ0n) is 14.4. The smallest absolute Gasteiger partial charge is 0.243 e. The molecule has 1 aliphatic heterocycles. The first-order valence-electron chi connectivity index (χ1n) is 8.15. The molecule has 1 saturated heterocycles. The highest BCUT2D eigenvalue weighted by molar-refractivity contribution is 9.10. The van der Waals surface area contributed by atoms with Crippen molar-refractivity contribution < 1.29 is 27.8 Å². The summed E-state index contributed by atoms with van der Waals surface area (Å²) in [5.74, 6) is -0.791. The fourth-order valence-electron chi connectivity index (χ4n) is 2.89. The van der Waals surface area contributed by atoms with Gasteiger partial charge in [-0.2, -0.15) is 9.57 Å². The molecule has 0 saturated carbocycles. The van der Waals surface area contributed by atoms with Crippen LogP contribution in [0.4, 0.5) is 4.39 Å². The number of aliphatic hydroxyl groups excluding tert-OH is 1. The molecule has 148 valence electrons. The number of hydrogen-bond acceptors (Lipinski definition) is 6. The molecule has 28 heavy (non-hydrogen) atoms. The fourth-order valence-corrected chi connectivity index (χ4v) is 4.66. The van der Waals surface area contributed by atoms with Crippen molar-refractivity contribution in [3.05, 3.63) is 58.3 Å². The lowest BCUT2D eigenvalue weighted by atomic mass is 10.0. The van der Waals surface area contributed by atoms with Crippen LogP contribution in [0.25, 0.3) is 0 Å². The van der Waals surface area contributed by atoms with Gasteiger partial charge in [0.05, 0.1) is 23.6 Å². The van der Waals surface area contributed by atoms with Gasteiger partial charge in [-0.25, -0.2) is 12.8 Å². The molecule has 0 aromatic heterocycles. The van der Waals surface area contributed by atoms with E-state index in [-0.39, 0.29) is 29.3 Å². The summed E-state index contributed by atoms with van der Waals surface area (Å²) in [6, 6.07) is 11.2. The highest BCUT2D eigenvalue weighted by atomic mass is 79.9. The predicted molar refractivity (Wildman–Crippen MR) is 100 cm³/mol. The van der Waals surface area contributed by atoms with Crippen LogP contribution < -0.4 is 4.74 Å². The van der Waals surface area contributed by atoms with Crippen molar-refractivity contribution in [2.75, 3.05) is 19.7 Å². The minimum atomic E-state index is -3.94. The molecular formula is C18H16BrFN2O5S. The van der Waals surface area contributed by atoms with Crippen LogP contribution in [0.3, 0.4) is 0 Å². The van der Waals surface area contributed by atoms with Crippen LogP contribution in [0, 0.1) is 17.1 Å². The van der Waals surface area contributed by atoms with Crippen molar-refractivity contribution in [1.82, 2.24) is 4.31 Å². The SMILES string of the molecule is N#Cc1ccc(O[C@H]2CN(S(=O)(=O)c3ccc(Br)cc3)C[C@@]2(O)CO)cc1F. The topological polar surface area (TPSA) is 111 Å². The molecule has 0 bridgehead atoms. The van der Waals surface area contributed by atoms with Gasteiger partial charge in [-0.1, -0.05) is 15.9 Å². The first-order valence-corrected chi connectivity index (χ1v) is 10.4. The lowest BCUT2D eigenvalue weighted by Gasteiger charge is -2.27. The lowest BCUT2D eigenvalue weighted by Crippen LogP contribution is -2.48. The van der Waals surface area contributed by atoms with Crippen LogP contribution in [0.1, 0.15) is 5.56 Å². The average Bonchev–Trinajstić information content (AvgIpc) is 3.00. The van der Waals surface area contributed by atoms with E-state index < -0.39 is 34.2 Å². The number of rotatable bonds is 5. The molecule has 2 aromatic rings. The van der Waals surface area contributed by atoms with E-state index in [9.17, 15) is 23.0 Å². The molecule has 2 atom stereocenters. The average molecular weight is 471 g/mol. The van der Waals surface area contributed by atoms with Gasteiger partial charge in [0, 0.05) is 17.1 Å². The van der Waals surface area contributed by atoms with E-state index in [1.54, 1.807) is 18.2 Å². The largest absolute Gasteiger partial charge is 0.486 e. The van der Waals surface area contributed by atoms with Gasteiger partial charge in [-0.05, 0) is 36.4 Å². The van der Waals surface area contributed by atoms with Crippen molar-refractivity contribution in [2.24, 2.45) is 0 Å². The molecule has 3 rings (SSSR count). The van der Waals surface area contributed by atoms with E-state index in [4.69, 9.17) is 10.00 Å². The minimum absolute atomic E-state index is 0.0104. The van der Waals surface area contributed by atoms with Gasteiger partial charge in [-0.15, -0.1) is 0 Å². The number of halogens is 2. The molecule has 10 heteroatoms. The normalized spacial score (nSPS) is 22.8. The highest BCUT2D eigenvalue weighted by Crippen LogP contribution is 2.31. The molecule has 0 radical (unpaired) electrons. The van der Waals surface area contributed by atoms with Crippen molar-refractivity contribution >= 4 is 26.0 Å². The van der Waals surface area contributed by atoms with Gasteiger partial charge in [0.1, 0.15) is 29.3 Å². The Kier molecular flexibility index (Phi) is 5.74. The Morgan fingerprint density at radius 2 is 2.00 bits per heavy atom. The van der Waals surface area contributed by atoms with Crippen LogP contribution in [0.2, 0.25) is 0 Å². The second-order valence-corrected chi connectivity index (χ2v) is 9.23. The number of hydrogen-bond donors (Lipinski definition) is 2. The molecule has 1 aliphatic rings. The maximum Gasteiger partial charge on any atom is 0.243 e. The first kappa shape index (κ1) is 20.7. The molecule has 2 aromatic carbocycles. The van der Waals surface area contributed by atoms with Crippen LogP contribution in [0.15, 0.2) is 51.8 Å². The summed E-state index contributed by atoms with van der Waals surface area (Å²) in [7, 11) is -3.94. The monoisotopic (exact) mass is 470 g/mol. The Labute approximate surface area is 169 Å². The summed E-state index contributed by atoms with van der Waals surface area (Å²) in [5, 5.41) is 29.1. The zero-order chi connectivity index (χ0) is 20.5. The molecule has 7 nitrogen and oxygen atoms in total. The highest BCUT2D eigenvalue weighted by Gasteiger charge is 2.50. The molecule has 1 heterocycles. The Morgan fingerprint density at radius 1 is 1.32 bits per heavy atom. The number of benzene rings is 2. The second kappa shape index (κ2) is 7.77. The molecular weight excluding hydrogens is 455 g/mol. The second-order valence-electron chi connectivity index (χ2n) is 6.37. The number of nitriles is 1. The first-order chi connectivity index (χ1) is 13.2. The van der Waals surface area contributed by atoms with E-state index >= 15 is 0 Å². The maximum atomic E-state index is 13.8. The number of ether oxygens (including phenoxy) is 1. The van der Waals surface area contributed by atoms with Crippen LogP contribution in [-0.2, 0) is 10.0 Å². The Hall–Kier alpha value is -2.03. The lowest BCUT2D eigenvalue weighted by molar-refractivity contribution is -0.0641. The predicted octanol–water partition coefficient (Wildman–Crippen LogP) is 1.64. The van der Waals surface area contributed by atoms with Gasteiger partial charge in [0.15, 0.2) is 0 Å². The number of aliphatic hydroxyl groups is 2. The maximum absolute atomic E-state index is 13.8. The van der Waals surface area contributed by atoms with E-state index in [1.165, 1.54) is 24.3 Å². The minimum Gasteiger partial charge on any atom is -0.486 e. The van der Waals surface area contributed by atoms with E-state index in [0.29, 0.717) is 4.47 Å². The fraction of sp³-hybridized carbons (Fsp3) is 0.278. The Morgan fingerprint density at radius 3 is 2.57 bits per heavy atom. The third-order valence-corrected chi connectivity index (χ3v) is 6.84. The van der Waals surface area contributed by atoms with E-state index in [0.717, 1.165) is 10.4 Å². The van der Waals surface area contributed by atoms with Crippen LogP contribution in [-0.4, -0.2) is 54.3 Å². The van der Waals surface area contributed by atoms with Gasteiger partial charge >= 0.3 is 0 Å². The molecule has 0 amide bonds. The Bertz CT molecular complexity index is 1030. The molecule has 2 N–H and O–H groups in total. The van der Waals surface area contributed by atoms with Gasteiger partial charge in [0.25, 0.3) is 0 Å². The number of nitrogens with zero attached hydrogens (tertiary/aromatic N) is 2. The summed E-state index contributed by atoms with van der Waals surface area (Å²) in [5.41, 5.74) is -2.04. The zero-order valence-corrected chi connectivity index (χ0v) is 16.8. The van der Waals surface area contributed by atoms with Crippen molar-refractivity contribution in [3.63, 3.8) is 0 Å². The Balaban J connectivity index is 1.86. The third-order valence-electron chi connectivity index (χ3n) is 4.48. The van der Waals surface area contributed by atoms with E-state index in [1.807, 2.05) is 0 Å². The van der Waals surface area contributed by atoms with E-state index in [2.05, 4.69) is 15.9 Å². The summed E-state index contributed by atoms with van der Waals surface area (Å²) in [6.07, 6.45) is -1.13. The third kappa shape index (κ3) is 3.90. The van der Waals surface area contributed by atoms with Crippen molar-refractivity contribution in [1.29, 1.82) is 5.26 Å². The molecule has 0 unspecified atom stereocenters. The number of β-amino-alcohol motifs (C(OH)–C–C–N with tert-alkyl or cyclic N) is 1. The van der Waals surface area contributed by atoms with Gasteiger partial charge < -0.3 is 14.9 Å². The number of sulfonamides is 1. The summed E-state index contributed by atoms with van der Waals surface area (Å²) >= 11 is 3.24. The summed E-state index contributed by atoms with van der Waals surface area (Å²) in [6.45, 7) is -1.37. The van der Waals surface area contributed by atoms with Crippen molar-refractivity contribution in [2.45, 2.75) is 16.6 Å². The van der Waals surface area contributed by atoms with Crippen LogP contribution in [0.5, 0.6) is 5.75 Å². The summed E-state index contributed by atoms with van der Waals surface area (Å²) in [4.78, 5) is 0.0288. The summed E-state index contributed by atoms with van der Waals surface area (Å²) < 4.78 is 46.8. The van der Waals surface area contributed by atoms with Gasteiger partial charge in [0.2, 0.25) is 10.0 Å². The molecule has 0 aliphatic carbocycles. The van der Waals surface area contributed by atoms with Crippen LogP contribution >= 0.6 is 15.9 Å². The molecule has 1 fully saturated rings. The molecule has 0 spiro atoms.